The maximum absolute atomic E-state index is 2.89. The van der Waals surface area contributed by atoms with Crippen molar-refractivity contribution in [2.75, 3.05) is 0 Å². The van der Waals surface area contributed by atoms with Crippen molar-refractivity contribution in [1.29, 1.82) is 0 Å². The summed E-state index contributed by atoms with van der Waals surface area (Å²) >= 11 is 0. The van der Waals surface area contributed by atoms with Gasteiger partial charge in [0.2, 0.25) is 0 Å². The first kappa shape index (κ1) is 39.5. The van der Waals surface area contributed by atoms with Crippen molar-refractivity contribution >= 4 is 0 Å². The molecule has 47 heavy (non-hydrogen) atoms. The van der Waals surface area contributed by atoms with Gasteiger partial charge in [-0.25, -0.2) is 0 Å². The van der Waals surface area contributed by atoms with E-state index >= 15 is 0 Å². The highest BCUT2D eigenvalue weighted by molar-refractivity contribution is 5.25. The average Bonchev–Trinajstić information content (AvgIpc) is 3.41. The fraction of sp³-hybridized carbons (Fsp3) is 0.957. The van der Waals surface area contributed by atoms with Crippen LogP contribution in [0.5, 0.6) is 0 Å². The molecule has 0 radical (unpaired) electrons. The van der Waals surface area contributed by atoms with E-state index in [0.717, 1.165) is 47.3 Å². The van der Waals surface area contributed by atoms with Crippen molar-refractivity contribution in [2.24, 2.45) is 58.2 Å². The highest BCUT2D eigenvalue weighted by Gasteiger charge is 2.59. The summed E-state index contributed by atoms with van der Waals surface area (Å²) in [6.45, 7) is 17.7. The molecule has 0 aromatic carbocycles. The zero-order valence-electron chi connectivity index (χ0n) is 33.5. The Morgan fingerprint density at radius 2 is 1.21 bits per heavy atom. The first-order chi connectivity index (χ1) is 22.7. The maximum Gasteiger partial charge on any atom is -0.00851 e. The van der Waals surface area contributed by atoms with Crippen molar-refractivity contribution in [3.05, 3.63) is 11.6 Å². The highest BCUT2D eigenvalue weighted by Crippen LogP contribution is 2.68. The molecule has 4 aliphatic carbocycles. The first-order valence-electron chi connectivity index (χ1n) is 22.4. The molecule has 0 bridgehead atoms. The van der Waals surface area contributed by atoms with E-state index in [-0.39, 0.29) is 0 Å². The van der Waals surface area contributed by atoms with Gasteiger partial charge in [0.25, 0.3) is 0 Å². The molecule has 274 valence electrons. The minimum absolute atomic E-state index is 0.518. The van der Waals surface area contributed by atoms with E-state index in [2.05, 4.69) is 54.5 Å². The van der Waals surface area contributed by atoms with Crippen LogP contribution in [0, 0.1) is 58.2 Å². The van der Waals surface area contributed by atoms with Gasteiger partial charge in [-0.1, -0.05) is 189 Å². The maximum atomic E-state index is 2.89. The molecule has 4 rings (SSSR count). The van der Waals surface area contributed by atoms with Gasteiger partial charge in [0.1, 0.15) is 0 Å². The second-order valence-electron chi connectivity index (χ2n) is 19.2. The highest BCUT2D eigenvalue weighted by atomic mass is 14.6. The summed E-state index contributed by atoms with van der Waals surface area (Å²) in [4.78, 5) is 0. The Morgan fingerprint density at radius 1 is 0.617 bits per heavy atom. The lowest BCUT2D eigenvalue weighted by atomic mass is 9.46. The fourth-order valence-electron chi connectivity index (χ4n) is 12.6. The van der Waals surface area contributed by atoms with Gasteiger partial charge >= 0.3 is 0 Å². The number of allylic oxidation sites excluding steroid dienone is 2. The van der Waals surface area contributed by atoms with Crippen LogP contribution in [0.2, 0.25) is 0 Å². The molecule has 0 nitrogen and oxygen atoms in total. The quantitative estimate of drug-likeness (QED) is 0.0762. The Balaban J connectivity index is 1.31. The molecule has 0 saturated heterocycles. The Bertz CT molecular complexity index is 880. The Morgan fingerprint density at radius 3 is 1.81 bits per heavy atom. The van der Waals surface area contributed by atoms with Crippen LogP contribution in [0.25, 0.3) is 0 Å². The van der Waals surface area contributed by atoms with E-state index in [9.17, 15) is 0 Å². The standard InChI is InChI=1S/C47H86/c1-8-10-12-14-15-16-17-18-20-22-27-39(26-21-19-13-11-9-2)40-32-34-46(6)41(36-40)28-29-42-44-31-30-43(38(5)25-23-24-37(3)4)47(44,7)35-33-45(42)46/h28,37-40,42-45H,8-27,29-36H2,1-7H3/t38-,39?,40+,42+,43-,44+,45+,46+,47-/m1/s1. The van der Waals surface area contributed by atoms with Crippen LogP contribution in [0.4, 0.5) is 0 Å². The van der Waals surface area contributed by atoms with Crippen molar-refractivity contribution in [1.82, 2.24) is 0 Å². The summed E-state index contributed by atoms with van der Waals surface area (Å²) in [5.41, 5.74) is 3.09. The van der Waals surface area contributed by atoms with Crippen LogP contribution in [0.1, 0.15) is 228 Å². The van der Waals surface area contributed by atoms with Gasteiger partial charge in [-0.15, -0.1) is 0 Å². The van der Waals surface area contributed by atoms with Gasteiger partial charge in [0, 0.05) is 0 Å². The molecule has 0 aromatic heterocycles. The normalized spacial score (nSPS) is 33.3. The van der Waals surface area contributed by atoms with Gasteiger partial charge in [-0.3, -0.25) is 0 Å². The van der Waals surface area contributed by atoms with Gasteiger partial charge in [0.15, 0.2) is 0 Å². The summed E-state index contributed by atoms with van der Waals surface area (Å²) in [5, 5.41) is 0. The van der Waals surface area contributed by atoms with E-state index < -0.39 is 0 Å². The number of unbranched alkanes of at least 4 members (excludes halogenated alkanes) is 13. The third-order valence-electron chi connectivity index (χ3n) is 15.6. The lowest BCUT2D eigenvalue weighted by Gasteiger charge is -2.59. The Hall–Kier alpha value is -0.260. The van der Waals surface area contributed by atoms with Crippen molar-refractivity contribution in [2.45, 2.75) is 228 Å². The summed E-state index contributed by atoms with van der Waals surface area (Å²) in [6, 6.07) is 0. The molecule has 3 saturated carbocycles. The van der Waals surface area contributed by atoms with Crippen LogP contribution in [-0.4, -0.2) is 0 Å². The largest absolute Gasteiger partial charge is 0.0845 e. The monoisotopic (exact) mass is 651 g/mol. The molecular formula is C47H86. The topological polar surface area (TPSA) is 0 Å². The number of hydrogen-bond acceptors (Lipinski definition) is 0. The lowest BCUT2D eigenvalue weighted by Crippen LogP contribution is -2.50. The van der Waals surface area contributed by atoms with Gasteiger partial charge < -0.3 is 0 Å². The molecule has 0 aliphatic heterocycles. The molecule has 0 N–H and O–H groups in total. The smallest absolute Gasteiger partial charge is 0.00851 e. The molecule has 4 aliphatic rings. The van der Waals surface area contributed by atoms with E-state index in [1.807, 2.05) is 5.57 Å². The van der Waals surface area contributed by atoms with Crippen LogP contribution < -0.4 is 0 Å². The van der Waals surface area contributed by atoms with E-state index in [1.54, 1.807) is 0 Å². The molecule has 3 fully saturated rings. The van der Waals surface area contributed by atoms with Gasteiger partial charge in [-0.05, 0) is 110 Å². The van der Waals surface area contributed by atoms with E-state index in [0.29, 0.717) is 10.8 Å². The lowest BCUT2D eigenvalue weighted by molar-refractivity contribution is -0.0546. The Labute approximate surface area is 297 Å². The van der Waals surface area contributed by atoms with Gasteiger partial charge in [0.05, 0.1) is 0 Å². The molecule has 0 heterocycles. The predicted octanol–water partition coefficient (Wildman–Crippen LogP) is 15.9. The summed E-state index contributed by atoms with van der Waals surface area (Å²) in [6.07, 6.45) is 44.3. The first-order valence-corrected chi connectivity index (χ1v) is 22.4. The predicted molar refractivity (Wildman–Crippen MR) is 210 cm³/mol. The van der Waals surface area contributed by atoms with Crippen molar-refractivity contribution < 1.29 is 0 Å². The Kier molecular flexibility index (Phi) is 16.8. The minimum Gasteiger partial charge on any atom is -0.0845 e. The summed E-state index contributed by atoms with van der Waals surface area (Å²) in [7, 11) is 0. The second kappa shape index (κ2) is 20.0. The molecule has 0 aromatic rings. The number of fused-ring (bicyclic) bond motifs is 5. The third-order valence-corrected chi connectivity index (χ3v) is 15.6. The van der Waals surface area contributed by atoms with Crippen molar-refractivity contribution in [3.8, 4) is 0 Å². The molecule has 1 unspecified atom stereocenters. The van der Waals surface area contributed by atoms with E-state index in [1.165, 1.54) is 180 Å². The van der Waals surface area contributed by atoms with Crippen molar-refractivity contribution in [3.63, 3.8) is 0 Å². The summed E-state index contributed by atoms with van der Waals surface area (Å²) in [5.74, 6) is 7.71. The second-order valence-corrected chi connectivity index (χ2v) is 19.2. The zero-order valence-corrected chi connectivity index (χ0v) is 33.5. The van der Waals surface area contributed by atoms with Crippen LogP contribution in [0.3, 0.4) is 0 Å². The van der Waals surface area contributed by atoms with Crippen LogP contribution in [-0.2, 0) is 0 Å². The number of rotatable bonds is 23. The summed E-state index contributed by atoms with van der Waals surface area (Å²) < 4.78 is 0. The third kappa shape index (κ3) is 10.6. The molecule has 0 amide bonds. The molecular weight excluding hydrogens is 565 g/mol. The zero-order chi connectivity index (χ0) is 33.7. The fourth-order valence-corrected chi connectivity index (χ4v) is 12.6. The molecule has 9 atom stereocenters. The molecule has 0 spiro atoms. The van der Waals surface area contributed by atoms with Gasteiger partial charge in [-0.2, -0.15) is 0 Å². The van der Waals surface area contributed by atoms with E-state index in [4.69, 9.17) is 0 Å². The SMILES string of the molecule is CCCCCCCCCCCCC(CCCCCCC)[C@H]1CC[C@@]2(C)C(=CC[C@H]3[C@@H]4CC[C@H]([C@H](C)CCCC(C)C)[C@@]4(C)CC[C@@H]32)C1. The van der Waals surface area contributed by atoms with Crippen LogP contribution >= 0.6 is 0 Å². The number of hydrogen-bond donors (Lipinski definition) is 0. The average molecular weight is 651 g/mol. The van der Waals surface area contributed by atoms with Crippen LogP contribution in [0.15, 0.2) is 11.6 Å². The molecule has 0 heteroatoms. The minimum atomic E-state index is 0.518.